The molecule has 0 unspecified atom stereocenters. The van der Waals surface area contributed by atoms with Gasteiger partial charge in [0.05, 0.1) is 10.9 Å². The summed E-state index contributed by atoms with van der Waals surface area (Å²) in [6.45, 7) is 7.47. The summed E-state index contributed by atoms with van der Waals surface area (Å²) in [5.74, 6) is -1.58. The van der Waals surface area contributed by atoms with Crippen LogP contribution in [0, 0.1) is 0 Å². The quantitative estimate of drug-likeness (QED) is 0.162. The molecule has 1 heterocycles. The van der Waals surface area contributed by atoms with Gasteiger partial charge in [0.25, 0.3) is 5.75 Å². The normalized spacial score (nSPS) is 11.1. The minimum Gasteiger partial charge on any atom is -0.485 e. The third kappa shape index (κ3) is 6.93. The van der Waals surface area contributed by atoms with Crippen LogP contribution in [-0.2, 0) is 4.79 Å². The SMILES string of the molecule is CC(=O)Oc1cccc2c(OCC=C(C)CCC=C(C)C)c(OC(=O)c3ccccc3)c(=O)oc12. The van der Waals surface area contributed by atoms with Crippen molar-refractivity contribution in [2.45, 2.75) is 40.5 Å². The molecule has 0 aliphatic carbocycles. The van der Waals surface area contributed by atoms with Gasteiger partial charge in [0, 0.05) is 6.92 Å². The molecule has 182 valence electrons. The van der Waals surface area contributed by atoms with Crippen molar-refractivity contribution in [2.24, 2.45) is 0 Å². The van der Waals surface area contributed by atoms with Gasteiger partial charge in [-0.2, -0.15) is 0 Å². The fourth-order valence-electron chi connectivity index (χ4n) is 3.30. The summed E-state index contributed by atoms with van der Waals surface area (Å²) in [6.07, 6.45) is 5.83. The number of hydrogen-bond acceptors (Lipinski definition) is 7. The van der Waals surface area contributed by atoms with Gasteiger partial charge in [-0.1, -0.05) is 41.5 Å². The first kappa shape index (κ1) is 25.5. The number of carbonyl (C=O) groups is 2. The third-order valence-corrected chi connectivity index (χ3v) is 5.02. The van der Waals surface area contributed by atoms with Gasteiger partial charge in [-0.05, 0) is 64.0 Å². The minimum atomic E-state index is -0.930. The van der Waals surface area contributed by atoms with E-state index < -0.39 is 17.6 Å². The molecule has 0 aliphatic heterocycles. The van der Waals surface area contributed by atoms with Crippen LogP contribution in [0.15, 0.2) is 81.0 Å². The van der Waals surface area contributed by atoms with Crippen LogP contribution < -0.4 is 19.8 Å². The van der Waals surface area contributed by atoms with Crippen molar-refractivity contribution in [2.75, 3.05) is 6.61 Å². The molecule has 35 heavy (non-hydrogen) atoms. The molecule has 0 saturated carbocycles. The molecule has 3 rings (SSSR count). The molecule has 0 spiro atoms. The monoisotopic (exact) mass is 476 g/mol. The van der Waals surface area contributed by atoms with E-state index in [1.54, 1.807) is 42.5 Å². The highest BCUT2D eigenvalue weighted by Gasteiger charge is 2.23. The fraction of sp³-hybridized carbons (Fsp3) is 0.250. The van der Waals surface area contributed by atoms with Gasteiger partial charge >= 0.3 is 17.6 Å². The van der Waals surface area contributed by atoms with Gasteiger partial charge in [0.1, 0.15) is 6.61 Å². The Balaban J connectivity index is 1.99. The van der Waals surface area contributed by atoms with Crippen molar-refractivity contribution in [1.29, 1.82) is 0 Å². The Morgan fingerprint density at radius 2 is 1.63 bits per heavy atom. The topological polar surface area (TPSA) is 92.0 Å². The van der Waals surface area contributed by atoms with Crippen LogP contribution in [0.5, 0.6) is 17.2 Å². The molecule has 7 heteroatoms. The number of esters is 2. The van der Waals surface area contributed by atoms with Gasteiger partial charge in [-0.15, -0.1) is 0 Å². The second kappa shape index (κ2) is 11.8. The Bertz CT molecular complexity index is 1330. The van der Waals surface area contributed by atoms with Crippen LogP contribution >= 0.6 is 0 Å². The van der Waals surface area contributed by atoms with Gasteiger partial charge < -0.3 is 18.6 Å². The maximum Gasteiger partial charge on any atom is 0.383 e. The Morgan fingerprint density at radius 3 is 2.31 bits per heavy atom. The summed E-state index contributed by atoms with van der Waals surface area (Å²) >= 11 is 0. The molecule has 0 bridgehead atoms. The Morgan fingerprint density at radius 1 is 0.886 bits per heavy atom. The number of carbonyl (C=O) groups excluding carboxylic acids is 2. The van der Waals surface area contributed by atoms with E-state index in [1.807, 2.05) is 13.0 Å². The van der Waals surface area contributed by atoms with Gasteiger partial charge in [0.15, 0.2) is 17.1 Å². The molecule has 0 atom stereocenters. The Hall–Kier alpha value is -4.13. The van der Waals surface area contributed by atoms with Gasteiger partial charge in [-0.3, -0.25) is 4.79 Å². The third-order valence-electron chi connectivity index (χ3n) is 5.02. The van der Waals surface area contributed by atoms with Crippen molar-refractivity contribution in [1.82, 2.24) is 0 Å². The molecule has 3 aromatic rings. The van der Waals surface area contributed by atoms with E-state index in [1.165, 1.54) is 18.6 Å². The van der Waals surface area contributed by atoms with E-state index in [-0.39, 0.29) is 35.0 Å². The zero-order valence-electron chi connectivity index (χ0n) is 20.3. The van der Waals surface area contributed by atoms with Gasteiger partial charge in [0.2, 0.25) is 0 Å². The predicted molar refractivity (Wildman–Crippen MR) is 133 cm³/mol. The lowest BCUT2D eigenvalue weighted by atomic mass is 10.1. The van der Waals surface area contributed by atoms with Crippen LogP contribution in [0.3, 0.4) is 0 Å². The van der Waals surface area contributed by atoms with Crippen molar-refractivity contribution in [3.63, 3.8) is 0 Å². The smallest absolute Gasteiger partial charge is 0.383 e. The number of benzene rings is 2. The maximum absolute atomic E-state index is 12.9. The summed E-state index contributed by atoms with van der Waals surface area (Å²) in [5.41, 5.74) is 1.72. The Kier molecular flexibility index (Phi) is 8.62. The van der Waals surface area contributed by atoms with Gasteiger partial charge in [-0.25, -0.2) is 9.59 Å². The molecular formula is C28H28O7. The van der Waals surface area contributed by atoms with Crippen LogP contribution in [0.1, 0.15) is 50.9 Å². The van der Waals surface area contributed by atoms with E-state index in [0.29, 0.717) is 5.39 Å². The molecule has 0 fully saturated rings. The standard InChI is InChI=1S/C28H28O7/c1-18(2)10-8-11-19(3)16-17-32-25-22-14-9-15-23(33-20(4)29)24(22)34-28(31)26(25)35-27(30)21-12-6-5-7-13-21/h5-7,9-10,12-16H,8,11,17H2,1-4H3. The zero-order valence-corrected chi connectivity index (χ0v) is 20.3. The molecule has 0 saturated heterocycles. The number of fused-ring (bicyclic) bond motifs is 1. The summed E-state index contributed by atoms with van der Waals surface area (Å²) < 4.78 is 22.0. The second-order valence-corrected chi connectivity index (χ2v) is 8.21. The molecule has 7 nitrogen and oxygen atoms in total. The van der Waals surface area contributed by atoms with E-state index in [2.05, 4.69) is 19.9 Å². The molecule has 2 aromatic carbocycles. The molecule has 1 aromatic heterocycles. The van der Waals surface area contributed by atoms with E-state index in [4.69, 9.17) is 18.6 Å². The van der Waals surface area contributed by atoms with Crippen LogP contribution in [-0.4, -0.2) is 18.5 Å². The lowest BCUT2D eigenvalue weighted by molar-refractivity contribution is -0.131. The lowest BCUT2D eigenvalue weighted by Gasteiger charge is -2.13. The van der Waals surface area contributed by atoms with Crippen molar-refractivity contribution in [3.05, 3.63) is 87.8 Å². The van der Waals surface area contributed by atoms with E-state index >= 15 is 0 Å². The predicted octanol–water partition coefficient (Wildman–Crippen LogP) is 6.01. The number of allylic oxidation sites excluding steroid dienone is 3. The van der Waals surface area contributed by atoms with Crippen LogP contribution in [0.25, 0.3) is 11.0 Å². The molecule has 0 N–H and O–H groups in total. The number of ether oxygens (including phenoxy) is 3. The number of rotatable bonds is 9. The van der Waals surface area contributed by atoms with Crippen molar-refractivity contribution in [3.8, 4) is 17.2 Å². The zero-order chi connectivity index (χ0) is 25.4. The minimum absolute atomic E-state index is 0.0199. The average molecular weight is 477 g/mol. The molecule has 0 amide bonds. The summed E-state index contributed by atoms with van der Waals surface area (Å²) in [5, 5.41) is 0.329. The first-order chi connectivity index (χ1) is 16.8. The maximum atomic E-state index is 12.9. The van der Waals surface area contributed by atoms with Crippen molar-refractivity contribution < 1.29 is 28.2 Å². The van der Waals surface area contributed by atoms with E-state index in [0.717, 1.165) is 18.4 Å². The lowest BCUT2D eigenvalue weighted by Crippen LogP contribution is -2.16. The largest absolute Gasteiger partial charge is 0.485 e. The summed E-state index contributed by atoms with van der Waals surface area (Å²) in [6, 6.07) is 13.0. The van der Waals surface area contributed by atoms with Crippen LogP contribution in [0.4, 0.5) is 0 Å². The Labute approximate surface area is 203 Å². The average Bonchev–Trinajstić information content (AvgIpc) is 2.81. The first-order valence-electron chi connectivity index (χ1n) is 11.2. The first-order valence-corrected chi connectivity index (χ1v) is 11.2. The highest BCUT2D eigenvalue weighted by atomic mass is 16.6. The highest BCUT2D eigenvalue weighted by Crippen LogP contribution is 2.37. The van der Waals surface area contributed by atoms with Crippen molar-refractivity contribution >= 4 is 22.9 Å². The molecule has 0 radical (unpaired) electrons. The second-order valence-electron chi connectivity index (χ2n) is 8.21. The number of hydrogen-bond donors (Lipinski definition) is 0. The molecular weight excluding hydrogens is 448 g/mol. The highest BCUT2D eigenvalue weighted by molar-refractivity contribution is 5.94. The summed E-state index contributed by atoms with van der Waals surface area (Å²) in [7, 11) is 0. The summed E-state index contributed by atoms with van der Waals surface area (Å²) in [4.78, 5) is 37.1. The van der Waals surface area contributed by atoms with Crippen LogP contribution in [0.2, 0.25) is 0 Å². The number of para-hydroxylation sites is 1. The fourth-order valence-corrected chi connectivity index (χ4v) is 3.30. The van der Waals surface area contributed by atoms with E-state index in [9.17, 15) is 14.4 Å². The molecule has 0 aliphatic rings.